The van der Waals surface area contributed by atoms with E-state index < -0.39 is 0 Å². The maximum Gasteiger partial charge on any atom is 0.253 e. The summed E-state index contributed by atoms with van der Waals surface area (Å²) in [5, 5.41) is 0.697. The van der Waals surface area contributed by atoms with Gasteiger partial charge in [-0.05, 0) is 49.6 Å². The number of amides is 1. The Labute approximate surface area is 107 Å². The van der Waals surface area contributed by atoms with Crippen molar-refractivity contribution >= 4 is 17.5 Å². The minimum absolute atomic E-state index is 0.0840. The number of benzene rings is 1. The number of carbonyl (C=O) groups is 1. The molecule has 0 saturated carbocycles. The summed E-state index contributed by atoms with van der Waals surface area (Å²) in [5.74, 6) is 0.535. The van der Waals surface area contributed by atoms with E-state index in [0.29, 0.717) is 23.0 Å². The molecular weight excluding hydrogens is 236 g/mol. The predicted molar refractivity (Wildman–Crippen MR) is 69.3 cm³/mol. The second-order valence-corrected chi connectivity index (χ2v) is 5.01. The topological polar surface area (TPSA) is 46.3 Å². The molecule has 1 aliphatic heterocycles. The number of rotatable bonds is 2. The number of aryl methyl sites for hydroxylation is 1. The monoisotopic (exact) mass is 252 g/mol. The summed E-state index contributed by atoms with van der Waals surface area (Å²) in [5.41, 5.74) is 7.27. The lowest BCUT2D eigenvalue weighted by Gasteiger charge is -2.16. The Hall–Kier alpha value is -1.06. The van der Waals surface area contributed by atoms with Crippen molar-refractivity contribution in [3.05, 3.63) is 34.3 Å². The summed E-state index contributed by atoms with van der Waals surface area (Å²) in [7, 11) is 0. The van der Waals surface area contributed by atoms with Crippen LogP contribution in [0.25, 0.3) is 0 Å². The number of halogens is 1. The molecule has 0 spiro atoms. The zero-order chi connectivity index (χ0) is 12.4. The smallest absolute Gasteiger partial charge is 0.253 e. The van der Waals surface area contributed by atoms with Gasteiger partial charge in [-0.3, -0.25) is 4.79 Å². The number of carbonyl (C=O) groups excluding carboxylic acids is 1. The number of hydrogen-bond donors (Lipinski definition) is 1. The van der Waals surface area contributed by atoms with Crippen LogP contribution in [0.5, 0.6) is 0 Å². The molecule has 1 amide bonds. The Morgan fingerprint density at radius 1 is 1.59 bits per heavy atom. The van der Waals surface area contributed by atoms with Crippen LogP contribution in [-0.4, -0.2) is 30.4 Å². The minimum Gasteiger partial charge on any atom is -0.338 e. The third-order valence-electron chi connectivity index (χ3n) is 3.31. The van der Waals surface area contributed by atoms with E-state index in [-0.39, 0.29) is 5.91 Å². The van der Waals surface area contributed by atoms with Crippen LogP contribution < -0.4 is 5.73 Å². The van der Waals surface area contributed by atoms with Crippen molar-refractivity contribution in [2.45, 2.75) is 13.3 Å². The van der Waals surface area contributed by atoms with Gasteiger partial charge < -0.3 is 10.6 Å². The fourth-order valence-corrected chi connectivity index (χ4v) is 2.29. The van der Waals surface area contributed by atoms with Crippen LogP contribution in [0.1, 0.15) is 22.3 Å². The summed E-state index contributed by atoms with van der Waals surface area (Å²) >= 11 is 5.95. The summed E-state index contributed by atoms with van der Waals surface area (Å²) in [6.45, 7) is 4.15. The van der Waals surface area contributed by atoms with Crippen LogP contribution in [-0.2, 0) is 0 Å². The largest absolute Gasteiger partial charge is 0.338 e. The first kappa shape index (κ1) is 12.4. The second-order valence-electron chi connectivity index (χ2n) is 4.61. The van der Waals surface area contributed by atoms with Gasteiger partial charge >= 0.3 is 0 Å². The summed E-state index contributed by atoms with van der Waals surface area (Å²) in [6.07, 6.45) is 1.01. The van der Waals surface area contributed by atoms with Crippen molar-refractivity contribution < 1.29 is 4.79 Å². The highest BCUT2D eigenvalue weighted by Crippen LogP contribution is 2.21. The summed E-state index contributed by atoms with van der Waals surface area (Å²) in [4.78, 5) is 14.1. The van der Waals surface area contributed by atoms with Crippen LogP contribution in [0.4, 0.5) is 0 Å². The molecule has 92 valence electrons. The standard InChI is InChI=1S/C13H17ClN2O/c1-9-6-11(2-3-12(9)14)13(17)16-5-4-10(7-15)8-16/h2-3,6,10H,4-5,7-8,15H2,1H3. The van der Waals surface area contributed by atoms with Gasteiger partial charge in [0.1, 0.15) is 0 Å². The highest BCUT2D eigenvalue weighted by Gasteiger charge is 2.25. The Morgan fingerprint density at radius 2 is 2.35 bits per heavy atom. The highest BCUT2D eigenvalue weighted by molar-refractivity contribution is 6.31. The van der Waals surface area contributed by atoms with Gasteiger partial charge in [0.15, 0.2) is 0 Å². The van der Waals surface area contributed by atoms with E-state index in [1.165, 1.54) is 0 Å². The molecule has 0 aliphatic carbocycles. The fourth-order valence-electron chi connectivity index (χ4n) is 2.17. The van der Waals surface area contributed by atoms with Gasteiger partial charge in [-0.25, -0.2) is 0 Å². The van der Waals surface area contributed by atoms with Gasteiger partial charge in [-0.1, -0.05) is 11.6 Å². The lowest BCUT2D eigenvalue weighted by Crippen LogP contribution is -2.29. The summed E-state index contributed by atoms with van der Waals surface area (Å²) < 4.78 is 0. The van der Waals surface area contributed by atoms with Gasteiger partial charge in [0.05, 0.1) is 0 Å². The molecule has 1 heterocycles. The van der Waals surface area contributed by atoms with E-state index in [0.717, 1.165) is 25.1 Å². The number of likely N-dealkylation sites (tertiary alicyclic amines) is 1. The quantitative estimate of drug-likeness (QED) is 0.876. The number of nitrogens with zero attached hydrogens (tertiary/aromatic N) is 1. The molecule has 1 atom stereocenters. The van der Waals surface area contributed by atoms with Crippen LogP contribution in [0, 0.1) is 12.8 Å². The first-order chi connectivity index (χ1) is 8.11. The van der Waals surface area contributed by atoms with E-state index in [4.69, 9.17) is 17.3 Å². The maximum atomic E-state index is 12.2. The molecule has 0 bridgehead atoms. The second kappa shape index (κ2) is 5.07. The average Bonchev–Trinajstić information content (AvgIpc) is 2.80. The van der Waals surface area contributed by atoms with Gasteiger partial charge in [-0.15, -0.1) is 0 Å². The highest BCUT2D eigenvalue weighted by atomic mass is 35.5. The Balaban J connectivity index is 2.12. The molecule has 4 heteroatoms. The molecule has 1 aromatic rings. The SMILES string of the molecule is Cc1cc(C(=O)N2CCC(CN)C2)ccc1Cl. The van der Waals surface area contributed by atoms with Crippen molar-refractivity contribution in [1.29, 1.82) is 0 Å². The summed E-state index contributed by atoms with van der Waals surface area (Å²) in [6, 6.07) is 5.41. The molecule has 0 radical (unpaired) electrons. The first-order valence-electron chi connectivity index (χ1n) is 5.87. The van der Waals surface area contributed by atoms with Crippen LogP contribution in [0.3, 0.4) is 0 Å². The Bertz CT molecular complexity index is 433. The lowest BCUT2D eigenvalue weighted by molar-refractivity contribution is 0.0787. The van der Waals surface area contributed by atoms with Crippen molar-refractivity contribution in [3.63, 3.8) is 0 Å². The molecule has 0 aromatic heterocycles. The predicted octanol–water partition coefficient (Wildman–Crippen LogP) is 2.07. The number of hydrogen-bond acceptors (Lipinski definition) is 2. The van der Waals surface area contributed by atoms with E-state index in [1.54, 1.807) is 12.1 Å². The van der Waals surface area contributed by atoms with Gasteiger partial charge in [-0.2, -0.15) is 0 Å². The average molecular weight is 253 g/mol. The van der Waals surface area contributed by atoms with Crippen molar-refractivity contribution in [2.24, 2.45) is 11.7 Å². The molecule has 1 unspecified atom stereocenters. The van der Waals surface area contributed by atoms with Gasteiger partial charge in [0.25, 0.3) is 5.91 Å². The number of nitrogens with two attached hydrogens (primary N) is 1. The molecule has 2 N–H and O–H groups in total. The third kappa shape index (κ3) is 2.61. The fraction of sp³-hybridized carbons (Fsp3) is 0.462. The molecule has 3 nitrogen and oxygen atoms in total. The van der Waals surface area contributed by atoms with Gasteiger partial charge in [0, 0.05) is 23.7 Å². The van der Waals surface area contributed by atoms with E-state index >= 15 is 0 Å². The molecule has 1 fully saturated rings. The molecule has 17 heavy (non-hydrogen) atoms. The van der Waals surface area contributed by atoms with E-state index in [2.05, 4.69) is 0 Å². The van der Waals surface area contributed by atoms with Crippen LogP contribution >= 0.6 is 11.6 Å². The molecule has 1 saturated heterocycles. The van der Waals surface area contributed by atoms with Crippen molar-refractivity contribution in [2.75, 3.05) is 19.6 Å². The molecule has 2 rings (SSSR count). The molecular formula is C13H17ClN2O. The van der Waals surface area contributed by atoms with Crippen molar-refractivity contribution in [1.82, 2.24) is 4.90 Å². The third-order valence-corrected chi connectivity index (χ3v) is 3.74. The zero-order valence-electron chi connectivity index (χ0n) is 9.95. The first-order valence-corrected chi connectivity index (χ1v) is 6.25. The van der Waals surface area contributed by atoms with Crippen LogP contribution in [0.15, 0.2) is 18.2 Å². The molecule has 1 aromatic carbocycles. The van der Waals surface area contributed by atoms with Crippen LogP contribution in [0.2, 0.25) is 5.02 Å². The Morgan fingerprint density at radius 3 is 2.94 bits per heavy atom. The van der Waals surface area contributed by atoms with Gasteiger partial charge in [0.2, 0.25) is 0 Å². The van der Waals surface area contributed by atoms with E-state index in [9.17, 15) is 4.79 Å². The normalized spacial score (nSPS) is 19.7. The van der Waals surface area contributed by atoms with Crippen molar-refractivity contribution in [3.8, 4) is 0 Å². The zero-order valence-corrected chi connectivity index (χ0v) is 10.7. The van der Waals surface area contributed by atoms with E-state index in [1.807, 2.05) is 17.9 Å². The lowest BCUT2D eigenvalue weighted by atomic mass is 10.1. The Kier molecular flexibility index (Phi) is 3.69. The maximum absolute atomic E-state index is 12.2. The molecule has 1 aliphatic rings. The minimum atomic E-state index is 0.0840.